The summed E-state index contributed by atoms with van der Waals surface area (Å²) in [6, 6.07) is 9.74. The van der Waals surface area contributed by atoms with Gasteiger partial charge in [0.15, 0.2) is 0 Å². The lowest BCUT2D eigenvalue weighted by Gasteiger charge is -2.10. The van der Waals surface area contributed by atoms with E-state index in [4.69, 9.17) is 17.3 Å². The molecule has 0 unspecified atom stereocenters. The maximum atomic E-state index is 12.1. The second-order valence-corrected chi connectivity index (χ2v) is 6.14. The highest BCUT2D eigenvalue weighted by molar-refractivity contribution is 8.26. The van der Waals surface area contributed by atoms with Gasteiger partial charge in [-0.1, -0.05) is 74.2 Å². The first-order valence-electron chi connectivity index (χ1n) is 7.18. The molecule has 1 aromatic carbocycles. The monoisotopic (exact) mass is 349 g/mol. The molecule has 1 aromatic rings. The van der Waals surface area contributed by atoms with Gasteiger partial charge in [0.05, 0.1) is 4.91 Å². The van der Waals surface area contributed by atoms with Gasteiger partial charge in [0.25, 0.3) is 5.91 Å². The Kier molecular flexibility index (Phi) is 7.71. The second kappa shape index (κ2) is 9.27. The fraction of sp³-hybridized carbons (Fsp3) is 0.235. The summed E-state index contributed by atoms with van der Waals surface area (Å²) in [6.07, 6.45) is 3.68. The Bertz CT molecular complexity index is 651. The number of thiocarbonyl (C=S) groups is 1. The van der Waals surface area contributed by atoms with E-state index in [0.717, 1.165) is 27.8 Å². The van der Waals surface area contributed by atoms with E-state index < -0.39 is 12.5 Å². The minimum atomic E-state index is -1.08. The van der Waals surface area contributed by atoms with Crippen LogP contribution in [0.5, 0.6) is 0 Å². The van der Waals surface area contributed by atoms with Crippen LogP contribution in [-0.4, -0.2) is 32.7 Å². The van der Waals surface area contributed by atoms with E-state index in [2.05, 4.69) is 0 Å². The number of aliphatic carboxylic acids is 1. The predicted molar refractivity (Wildman–Crippen MR) is 99.1 cm³/mol. The van der Waals surface area contributed by atoms with Crippen molar-refractivity contribution in [2.45, 2.75) is 20.8 Å². The zero-order valence-electron chi connectivity index (χ0n) is 13.3. The number of benzene rings is 1. The summed E-state index contributed by atoms with van der Waals surface area (Å²) in [5, 5.41) is 8.78. The van der Waals surface area contributed by atoms with Gasteiger partial charge in [-0.15, -0.1) is 0 Å². The summed E-state index contributed by atoms with van der Waals surface area (Å²) in [5.74, 6) is -1.43. The first-order valence-corrected chi connectivity index (χ1v) is 8.40. The Labute approximate surface area is 145 Å². The largest absolute Gasteiger partial charge is 0.480 e. The van der Waals surface area contributed by atoms with Crippen LogP contribution in [0.3, 0.4) is 0 Å². The number of carbonyl (C=O) groups excluding carboxylic acids is 1. The number of carboxylic acids is 1. The van der Waals surface area contributed by atoms with Crippen LogP contribution in [0.15, 0.2) is 46.9 Å². The summed E-state index contributed by atoms with van der Waals surface area (Å²) in [4.78, 5) is 24.4. The van der Waals surface area contributed by atoms with Gasteiger partial charge in [-0.2, -0.15) is 0 Å². The number of carboxylic acid groups (broad SMARTS) is 1. The Hall–Kier alpha value is -1.92. The molecule has 1 amide bonds. The van der Waals surface area contributed by atoms with Gasteiger partial charge in [-0.25, -0.2) is 0 Å². The Balaban J connectivity index is 0.00000127. The lowest BCUT2D eigenvalue weighted by Crippen LogP contribution is -2.33. The van der Waals surface area contributed by atoms with Gasteiger partial charge >= 0.3 is 5.97 Å². The molecular weight excluding hydrogens is 330 g/mol. The van der Waals surface area contributed by atoms with Crippen molar-refractivity contribution in [1.82, 2.24) is 4.90 Å². The zero-order chi connectivity index (χ0) is 17.4. The number of thioether (sulfide) groups is 1. The highest BCUT2D eigenvalue weighted by Crippen LogP contribution is 2.31. The molecule has 1 heterocycles. The Morgan fingerprint density at radius 3 is 2.48 bits per heavy atom. The van der Waals surface area contributed by atoms with Crippen molar-refractivity contribution in [3.63, 3.8) is 0 Å². The molecule has 122 valence electrons. The van der Waals surface area contributed by atoms with Gasteiger partial charge in [-0.05, 0) is 24.1 Å². The standard InChI is InChI=1S/C15H13NO3S2.C2H6/c1-10(7-11-5-3-2-4-6-11)8-12-14(19)16(9-13(17)18)15(20)21-12;1-2/h2-8H,9H2,1H3,(H,17,18);1-2H3/b10-7+,12-8+;. The van der Waals surface area contributed by atoms with Crippen LogP contribution in [0, 0.1) is 0 Å². The van der Waals surface area contributed by atoms with E-state index in [1.807, 2.05) is 57.2 Å². The topological polar surface area (TPSA) is 57.6 Å². The second-order valence-electron chi connectivity index (χ2n) is 4.46. The van der Waals surface area contributed by atoms with Gasteiger partial charge in [-0.3, -0.25) is 14.5 Å². The molecule has 0 saturated carbocycles. The van der Waals surface area contributed by atoms with Crippen molar-refractivity contribution in [3.05, 3.63) is 52.4 Å². The molecule has 0 radical (unpaired) electrons. The Morgan fingerprint density at radius 2 is 1.91 bits per heavy atom. The molecule has 0 atom stereocenters. The molecule has 0 aromatic heterocycles. The average molecular weight is 349 g/mol. The van der Waals surface area contributed by atoms with E-state index in [9.17, 15) is 9.59 Å². The summed E-state index contributed by atoms with van der Waals surface area (Å²) in [5.41, 5.74) is 1.93. The molecule has 1 aliphatic heterocycles. The number of carbonyl (C=O) groups is 2. The number of amides is 1. The number of nitrogens with zero attached hydrogens (tertiary/aromatic N) is 1. The van der Waals surface area contributed by atoms with Crippen molar-refractivity contribution in [1.29, 1.82) is 0 Å². The van der Waals surface area contributed by atoms with Crippen molar-refractivity contribution in [3.8, 4) is 0 Å². The van der Waals surface area contributed by atoms with Crippen LogP contribution in [0.25, 0.3) is 6.08 Å². The zero-order valence-corrected chi connectivity index (χ0v) is 14.9. The van der Waals surface area contributed by atoms with Crippen LogP contribution in [0.1, 0.15) is 26.3 Å². The highest BCUT2D eigenvalue weighted by Gasteiger charge is 2.33. The third kappa shape index (κ3) is 5.65. The molecule has 4 nitrogen and oxygen atoms in total. The quantitative estimate of drug-likeness (QED) is 0.659. The molecule has 23 heavy (non-hydrogen) atoms. The van der Waals surface area contributed by atoms with Crippen molar-refractivity contribution >= 4 is 46.3 Å². The first-order chi connectivity index (χ1) is 11.0. The SMILES string of the molecule is CC.CC(=C\c1ccccc1)/C=C1/SC(=S)N(CC(=O)O)C1=O. The lowest BCUT2D eigenvalue weighted by atomic mass is 10.1. The normalized spacial score (nSPS) is 16.4. The summed E-state index contributed by atoms with van der Waals surface area (Å²) in [6.45, 7) is 5.49. The predicted octanol–water partition coefficient (Wildman–Crippen LogP) is 3.94. The molecule has 2 rings (SSSR count). The van der Waals surface area contributed by atoms with Gasteiger partial charge in [0.2, 0.25) is 0 Å². The van der Waals surface area contributed by atoms with Crippen molar-refractivity contribution in [2.24, 2.45) is 0 Å². The van der Waals surface area contributed by atoms with Gasteiger partial charge < -0.3 is 5.11 Å². The van der Waals surface area contributed by atoms with E-state index in [1.54, 1.807) is 6.08 Å². The van der Waals surface area contributed by atoms with Crippen LogP contribution >= 0.6 is 24.0 Å². The molecule has 1 N–H and O–H groups in total. The Morgan fingerprint density at radius 1 is 1.30 bits per heavy atom. The minimum Gasteiger partial charge on any atom is -0.480 e. The molecule has 1 saturated heterocycles. The molecular formula is C17H19NO3S2. The molecule has 0 aliphatic carbocycles. The van der Waals surface area contributed by atoms with E-state index >= 15 is 0 Å². The van der Waals surface area contributed by atoms with E-state index in [-0.39, 0.29) is 10.2 Å². The summed E-state index contributed by atoms with van der Waals surface area (Å²) in [7, 11) is 0. The van der Waals surface area contributed by atoms with Gasteiger partial charge in [0, 0.05) is 0 Å². The maximum Gasteiger partial charge on any atom is 0.323 e. The smallest absolute Gasteiger partial charge is 0.323 e. The average Bonchev–Trinajstić information content (AvgIpc) is 2.77. The highest BCUT2D eigenvalue weighted by atomic mass is 32.2. The van der Waals surface area contributed by atoms with Crippen LogP contribution in [-0.2, 0) is 9.59 Å². The molecule has 0 bridgehead atoms. The van der Waals surface area contributed by atoms with E-state index in [1.165, 1.54) is 0 Å². The number of hydrogen-bond acceptors (Lipinski definition) is 4. The summed E-state index contributed by atoms with van der Waals surface area (Å²) < 4.78 is 0.279. The molecule has 1 aliphatic rings. The minimum absolute atomic E-state index is 0.279. The number of rotatable bonds is 4. The van der Waals surface area contributed by atoms with Crippen molar-refractivity contribution < 1.29 is 14.7 Å². The number of hydrogen-bond donors (Lipinski definition) is 1. The first kappa shape index (κ1) is 19.1. The lowest BCUT2D eigenvalue weighted by molar-refractivity contribution is -0.140. The maximum absolute atomic E-state index is 12.1. The van der Waals surface area contributed by atoms with Crippen molar-refractivity contribution in [2.75, 3.05) is 6.54 Å². The van der Waals surface area contributed by atoms with Gasteiger partial charge in [0.1, 0.15) is 10.9 Å². The third-order valence-electron chi connectivity index (χ3n) is 2.72. The third-order valence-corrected chi connectivity index (χ3v) is 4.10. The molecule has 6 heteroatoms. The van der Waals surface area contributed by atoms with E-state index in [0.29, 0.717) is 4.91 Å². The van der Waals surface area contributed by atoms with Crippen LogP contribution in [0.2, 0.25) is 0 Å². The fourth-order valence-electron chi connectivity index (χ4n) is 1.83. The van der Waals surface area contributed by atoms with Crippen LogP contribution < -0.4 is 0 Å². The molecule has 1 fully saturated rings. The fourth-order valence-corrected chi connectivity index (χ4v) is 3.14. The summed E-state index contributed by atoms with van der Waals surface area (Å²) >= 11 is 6.17. The molecule has 0 spiro atoms. The van der Waals surface area contributed by atoms with Crippen LogP contribution in [0.4, 0.5) is 0 Å². The number of allylic oxidation sites excluding steroid dienone is 2.